The van der Waals surface area contributed by atoms with E-state index >= 15 is 0 Å². The number of carbonyl (C=O) groups is 2. The van der Waals surface area contributed by atoms with Gasteiger partial charge in [-0.1, -0.05) is 98.8 Å². The van der Waals surface area contributed by atoms with Gasteiger partial charge < -0.3 is 15.1 Å². The number of carbonyl (C=O) groups excluding carboxylic acids is 2. The van der Waals surface area contributed by atoms with Crippen molar-refractivity contribution in [2.45, 2.75) is 44.9 Å². The summed E-state index contributed by atoms with van der Waals surface area (Å²) in [5.74, 6) is -0.166. The minimum Gasteiger partial charge on any atom is -0.357 e. The SMILES string of the molecule is CC1(C)CC(=O)C2=C(C1)Nc1ccccc1N(CC(=O)N1CCN(C(c3ccccc3)c3ccccc3)CC1)C2c1ccc(C(F)(F)F)cc1. The lowest BCUT2D eigenvalue weighted by atomic mass is 9.73. The molecule has 1 fully saturated rings. The number of benzene rings is 4. The number of piperazine rings is 1. The van der Waals surface area contributed by atoms with Gasteiger partial charge in [0.25, 0.3) is 0 Å². The van der Waals surface area contributed by atoms with E-state index in [4.69, 9.17) is 0 Å². The number of nitrogens with zero attached hydrogens (tertiary/aromatic N) is 3. The number of para-hydroxylation sites is 2. The summed E-state index contributed by atoms with van der Waals surface area (Å²) in [6, 6.07) is 32.7. The van der Waals surface area contributed by atoms with E-state index in [1.165, 1.54) is 23.3 Å². The van der Waals surface area contributed by atoms with Gasteiger partial charge in [0.2, 0.25) is 5.91 Å². The number of hydrogen-bond donors (Lipinski definition) is 1. The summed E-state index contributed by atoms with van der Waals surface area (Å²) in [5, 5.41) is 3.52. The number of ketones is 1. The molecule has 1 saturated heterocycles. The molecule has 0 radical (unpaired) electrons. The Morgan fingerprint density at radius 3 is 1.98 bits per heavy atom. The van der Waals surface area contributed by atoms with E-state index in [1.807, 2.05) is 84.3 Å². The number of Topliss-reactive ketones (excluding diaryl/α,β-unsaturated/α-hetero) is 1. The number of nitrogens with one attached hydrogen (secondary N) is 1. The van der Waals surface area contributed by atoms with Crippen LogP contribution in [0.3, 0.4) is 0 Å². The van der Waals surface area contributed by atoms with Crippen LogP contribution in [-0.2, 0) is 15.8 Å². The molecule has 1 unspecified atom stereocenters. The fraction of sp³-hybridized carbons (Fsp3) is 0.317. The fourth-order valence-corrected chi connectivity index (χ4v) is 7.79. The molecule has 2 aliphatic heterocycles. The van der Waals surface area contributed by atoms with Gasteiger partial charge in [-0.2, -0.15) is 13.2 Å². The van der Waals surface area contributed by atoms with Crippen molar-refractivity contribution >= 4 is 23.1 Å². The summed E-state index contributed by atoms with van der Waals surface area (Å²) in [7, 11) is 0. The fourth-order valence-electron chi connectivity index (χ4n) is 7.79. The number of anilines is 2. The molecule has 9 heteroatoms. The Labute approximate surface area is 291 Å². The van der Waals surface area contributed by atoms with Crippen molar-refractivity contribution in [2.24, 2.45) is 5.41 Å². The molecule has 0 aromatic heterocycles. The van der Waals surface area contributed by atoms with Crippen LogP contribution in [0.2, 0.25) is 0 Å². The quantitative estimate of drug-likeness (QED) is 0.223. The Hall–Kier alpha value is -4.89. The average Bonchev–Trinajstić information content (AvgIpc) is 3.23. The minimum atomic E-state index is -4.50. The number of rotatable bonds is 6. The smallest absolute Gasteiger partial charge is 0.357 e. The maximum absolute atomic E-state index is 14.3. The molecular weight excluding hydrogens is 637 g/mol. The predicted octanol–water partition coefficient (Wildman–Crippen LogP) is 8.26. The molecule has 258 valence electrons. The van der Waals surface area contributed by atoms with Crippen molar-refractivity contribution in [1.82, 2.24) is 9.80 Å². The van der Waals surface area contributed by atoms with E-state index < -0.39 is 17.8 Å². The van der Waals surface area contributed by atoms with Gasteiger partial charge in [-0.3, -0.25) is 14.5 Å². The molecule has 3 aliphatic rings. The van der Waals surface area contributed by atoms with Crippen molar-refractivity contribution in [1.29, 1.82) is 0 Å². The van der Waals surface area contributed by atoms with Crippen molar-refractivity contribution in [3.8, 4) is 0 Å². The van der Waals surface area contributed by atoms with Gasteiger partial charge in [0.1, 0.15) is 0 Å². The second-order valence-corrected chi connectivity index (χ2v) is 14.3. The van der Waals surface area contributed by atoms with Gasteiger partial charge >= 0.3 is 6.18 Å². The van der Waals surface area contributed by atoms with E-state index in [-0.39, 0.29) is 29.7 Å². The average molecular weight is 679 g/mol. The zero-order chi connectivity index (χ0) is 35.0. The summed E-state index contributed by atoms with van der Waals surface area (Å²) in [6.45, 7) is 6.43. The second kappa shape index (κ2) is 13.4. The van der Waals surface area contributed by atoms with Crippen LogP contribution in [0.5, 0.6) is 0 Å². The molecule has 0 spiro atoms. The summed E-state index contributed by atoms with van der Waals surface area (Å²) in [4.78, 5) is 34.5. The predicted molar refractivity (Wildman–Crippen MR) is 190 cm³/mol. The van der Waals surface area contributed by atoms with Gasteiger partial charge in [0.05, 0.1) is 35.6 Å². The number of allylic oxidation sites excluding steroid dienone is 1. The molecule has 4 aromatic rings. The monoisotopic (exact) mass is 678 g/mol. The number of alkyl halides is 3. The van der Waals surface area contributed by atoms with Crippen molar-refractivity contribution < 1.29 is 22.8 Å². The van der Waals surface area contributed by atoms with Crippen LogP contribution in [0.4, 0.5) is 24.5 Å². The first-order valence-corrected chi connectivity index (χ1v) is 17.2. The van der Waals surface area contributed by atoms with Crippen LogP contribution in [0.25, 0.3) is 0 Å². The maximum Gasteiger partial charge on any atom is 0.416 e. The van der Waals surface area contributed by atoms with Gasteiger partial charge in [0, 0.05) is 43.9 Å². The van der Waals surface area contributed by atoms with E-state index in [1.54, 1.807) is 0 Å². The Kier molecular flexibility index (Phi) is 9.03. The number of amides is 1. The number of halogens is 3. The first-order chi connectivity index (χ1) is 24.0. The van der Waals surface area contributed by atoms with Crippen molar-refractivity contribution in [2.75, 3.05) is 42.9 Å². The molecule has 1 atom stereocenters. The molecule has 2 heterocycles. The zero-order valence-corrected chi connectivity index (χ0v) is 28.3. The summed E-state index contributed by atoms with van der Waals surface area (Å²) in [6.07, 6.45) is -3.61. The molecule has 7 rings (SSSR count). The molecule has 4 aromatic carbocycles. The van der Waals surface area contributed by atoms with Crippen LogP contribution < -0.4 is 10.2 Å². The third-order valence-electron chi connectivity index (χ3n) is 10.1. The lowest BCUT2D eigenvalue weighted by Gasteiger charge is -2.41. The molecule has 1 amide bonds. The Balaban J connectivity index is 1.20. The second-order valence-electron chi connectivity index (χ2n) is 14.3. The van der Waals surface area contributed by atoms with E-state index in [0.717, 1.165) is 29.2 Å². The van der Waals surface area contributed by atoms with Crippen LogP contribution >= 0.6 is 0 Å². The van der Waals surface area contributed by atoms with Gasteiger partial charge in [0.15, 0.2) is 5.78 Å². The van der Waals surface area contributed by atoms with Gasteiger partial charge in [-0.15, -0.1) is 0 Å². The van der Waals surface area contributed by atoms with Crippen LogP contribution in [0.15, 0.2) is 120 Å². The minimum absolute atomic E-state index is 0.0430. The lowest BCUT2D eigenvalue weighted by molar-refractivity contribution is -0.137. The van der Waals surface area contributed by atoms with Crippen molar-refractivity contribution in [3.05, 3.63) is 143 Å². The van der Waals surface area contributed by atoms with Crippen LogP contribution in [-0.4, -0.2) is 54.2 Å². The highest BCUT2D eigenvalue weighted by molar-refractivity contribution is 6.02. The highest BCUT2D eigenvalue weighted by Gasteiger charge is 2.43. The molecule has 6 nitrogen and oxygen atoms in total. The summed E-state index contributed by atoms with van der Waals surface area (Å²) < 4.78 is 40.9. The molecule has 0 bridgehead atoms. The van der Waals surface area contributed by atoms with Crippen LogP contribution in [0.1, 0.15) is 61.0 Å². The van der Waals surface area contributed by atoms with Crippen molar-refractivity contribution in [3.63, 3.8) is 0 Å². The van der Waals surface area contributed by atoms with Gasteiger partial charge in [-0.25, -0.2) is 0 Å². The topological polar surface area (TPSA) is 55.9 Å². The normalized spacial score (nSPS) is 19.5. The Morgan fingerprint density at radius 1 is 0.800 bits per heavy atom. The largest absolute Gasteiger partial charge is 0.416 e. The van der Waals surface area contributed by atoms with E-state index in [2.05, 4.69) is 34.5 Å². The molecule has 1 N–H and O–H groups in total. The number of fused-ring (bicyclic) bond motifs is 1. The molecular formula is C41H41F3N4O2. The molecule has 0 saturated carbocycles. The summed E-state index contributed by atoms with van der Waals surface area (Å²) >= 11 is 0. The molecule has 1 aliphatic carbocycles. The lowest BCUT2D eigenvalue weighted by Crippen LogP contribution is -2.52. The van der Waals surface area contributed by atoms with E-state index in [0.29, 0.717) is 50.2 Å². The highest BCUT2D eigenvalue weighted by atomic mass is 19.4. The third kappa shape index (κ3) is 6.79. The van der Waals surface area contributed by atoms with Gasteiger partial charge in [-0.05, 0) is 52.8 Å². The third-order valence-corrected chi connectivity index (χ3v) is 10.1. The number of hydrogen-bond acceptors (Lipinski definition) is 5. The standard InChI is InChI=1S/C41H41F3N4O2/c1-40(2)25-33-37(35(49)26-40)39(30-17-19-31(20-18-30)41(42,43)44)48(34-16-10-9-15-32(34)45-33)27-36(50)46-21-23-47(24-22-46)38(28-11-5-3-6-12-28)29-13-7-4-8-14-29/h3-20,38-39,45H,21-27H2,1-2H3. The van der Waals surface area contributed by atoms with Crippen LogP contribution in [0, 0.1) is 5.41 Å². The Bertz CT molecular complexity index is 1840. The first kappa shape index (κ1) is 33.6. The van der Waals surface area contributed by atoms with E-state index in [9.17, 15) is 22.8 Å². The summed E-state index contributed by atoms with van der Waals surface area (Å²) in [5.41, 5.74) is 4.58. The Morgan fingerprint density at radius 2 is 1.38 bits per heavy atom. The zero-order valence-electron chi connectivity index (χ0n) is 28.3. The highest BCUT2D eigenvalue weighted by Crippen LogP contribution is 2.48. The molecule has 50 heavy (non-hydrogen) atoms. The first-order valence-electron chi connectivity index (χ1n) is 17.2. The maximum atomic E-state index is 14.3.